The number of carbonyl (C=O) groups excluding carboxylic acids is 7. The number of rotatable bonds is 58. The highest BCUT2D eigenvalue weighted by molar-refractivity contribution is 6.01. The number of nitrogens with zero attached hydrogens (tertiary/aromatic N) is 6. The molecule has 35 nitrogen and oxygen atoms in total. The predicted octanol–water partition coefficient (Wildman–Crippen LogP) is 6.51. The van der Waals surface area contributed by atoms with Gasteiger partial charge in [-0.25, -0.2) is 14.2 Å². The van der Waals surface area contributed by atoms with Crippen molar-refractivity contribution in [1.29, 1.82) is 0 Å². The highest BCUT2D eigenvalue weighted by Gasteiger charge is 2.46. The number of cyclic esters (lactones) is 1. The Morgan fingerprint density at radius 2 is 1.12 bits per heavy atom. The summed E-state index contributed by atoms with van der Waals surface area (Å²) in [6, 6.07) is 16.5. The zero-order valence-corrected chi connectivity index (χ0v) is 75.4. The van der Waals surface area contributed by atoms with Crippen LogP contribution in [0.25, 0.3) is 44.8 Å². The van der Waals surface area contributed by atoms with Crippen molar-refractivity contribution < 1.29 is 109 Å². The van der Waals surface area contributed by atoms with Gasteiger partial charge in [0.2, 0.25) is 35.4 Å². The number of para-hydroxylation sites is 1. The number of aryl methyl sites for hydroxylation is 1. The Kier molecular flexibility index (Phi) is 40.5. The molecule has 8 N–H and O–H groups in total. The Hall–Kier alpha value is -9.22. The first-order valence-electron chi connectivity index (χ1n) is 45.5. The number of aliphatic hydroxyl groups is 1. The van der Waals surface area contributed by atoms with Crippen LogP contribution in [0.2, 0.25) is 0 Å². The third-order valence-corrected chi connectivity index (χ3v) is 24.4. The van der Waals surface area contributed by atoms with Crippen LogP contribution in [0.15, 0.2) is 65.5 Å². The van der Waals surface area contributed by atoms with Gasteiger partial charge in [0.1, 0.15) is 35.9 Å². The van der Waals surface area contributed by atoms with E-state index in [0.29, 0.717) is 242 Å². The second-order valence-corrected chi connectivity index (χ2v) is 33.2. The van der Waals surface area contributed by atoms with Crippen molar-refractivity contribution in [1.82, 2.24) is 51.1 Å². The fourth-order valence-corrected chi connectivity index (χ4v) is 16.8. The first-order chi connectivity index (χ1) is 62.7. The van der Waals surface area contributed by atoms with E-state index in [2.05, 4.69) is 36.7 Å². The van der Waals surface area contributed by atoms with E-state index in [9.17, 15) is 43.5 Å². The monoisotopic (exact) mass is 1800 g/mol. The van der Waals surface area contributed by atoms with Crippen molar-refractivity contribution in [2.45, 2.75) is 162 Å². The molecule has 129 heavy (non-hydrogen) atoms. The number of hydrogen-bond acceptors (Lipinski definition) is 27. The van der Waals surface area contributed by atoms with Crippen LogP contribution in [0.5, 0.6) is 0 Å². The Morgan fingerprint density at radius 1 is 0.597 bits per heavy atom. The predicted molar refractivity (Wildman–Crippen MR) is 474 cm³/mol. The average Bonchev–Trinajstić information content (AvgIpc) is 1.54. The molecule has 1 aliphatic carbocycles. The molecule has 708 valence electrons. The summed E-state index contributed by atoms with van der Waals surface area (Å²) >= 11 is 0. The van der Waals surface area contributed by atoms with Gasteiger partial charge in [-0.3, -0.25) is 33.6 Å². The summed E-state index contributed by atoms with van der Waals surface area (Å²) in [5.41, 5.74) is 11.7. The normalized spacial score (nSPS) is 16.2. The molecule has 0 bridgehead atoms. The molecular formula is C93H131FN12O23. The molecule has 0 unspecified atom stereocenters. The fraction of sp³-hybridized carbons (Fsp3) is 0.624. The van der Waals surface area contributed by atoms with E-state index >= 15 is 4.39 Å². The van der Waals surface area contributed by atoms with E-state index in [-0.39, 0.29) is 123 Å². The van der Waals surface area contributed by atoms with Gasteiger partial charge in [0.05, 0.1) is 219 Å². The van der Waals surface area contributed by atoms with Crippen molar-refractivity contribution in [2.24, 2.45) is 23.0 Å². The fourth-order valence-electron chi connectivity index (χ4n) is 16.8. The molecular weight excluding hydrogens is 1670 g/mol. The van der Waals surface area contributed by atoms with Gasteiger partial charge in [0.15, 0.2) is 5.60 Å². The second-order valence-electron chi connectivity index (χ2n) is 33.2. The molecule has 2 fully saturated rings. The van der Waals surface area contributed by atoms with Gasteiger partial charge in [-0.1, -0.05) is 63.2 Å². The summed E-state index contributed by atoms with van der Waals surface area (Å²) in [7, 11) is 0. The maximum Gasteiger partial charge on any atom is 0.343 e. The van der Waals surface area contributed by atoms with Crippen molar-refractivity contribution in [3.05, 3.63) is 116 Å². The van der Waals surface area contributed by atoms with E-state index in [1.807, 2.05) is 53.4 Å². The number of amides is 6. The number of fused-ring (bicyclic) bond motifs is 10. The lowest BCUT2D eigenvalue weighted by Gasteiger charge is -2.45. The standard InChI is InChI=1S/C93H131FN12O23/c1-6-93(115)73-57-78-84-71(61-106(78)90(113)72(73)62-129-91(93)114)70(82-65(5)64(4)74(94)58-76(82)98-84)59-97-88(111)75(16-11-12-27-95)99-89(112)83(63(2)3)100-79(107)21-31-116-33-35-118-37-39-120-41-43-122-45-47-124-49-51-126-53-55-128-56-54-127-52-50-125-48-46-123-44-42-121-40-38-119-36-34-117-32-22-80(108)104-29-25-92(26-30-104)23-18-66(19-24-92)87(110)96-28-20-81(109)105-60-67-13-7-8-14-68(67)85-86(102-103-101-85)69-15-9-10-17-77(69)105/h7-10,13-15,17,57-58,63,66,75,83,115H,6,11-12,16,18-56,59-62,95H2,1-5H3,(H,96,110)(H,97,111)(H,99,112)(H,100,107)(H,101,102,103)/t75-,83-,93-/m0/s1. The largest absolute Gasteiger partial charge is 0.458 e. The van der Waals surface area contributed by atoms with Crippen LogP contribution >= 0.6 is 0 Å². The summed E-state index contributed by atoms with van der Waals surface area (Å²) in [6.45, 7) is 20.6. The van der Waals surface area contributed by atoms with E-state index in [1.54, 1.807) is 45.6 Å². The van der Waals surface area contributed by atoms with Gasteiger partial charge in [-0.15, -0.1) is 0 Å². The van der Waals surface area contributed by atoms with Gasteiger partial charge < -0.3 is 113 Å². The summed E-state index contributed by atoms with van der Waals surface area (Å²) in [6.07, 6.45) is 7.09. The summed E-state index contributed by atoms with van der Waals surface area (Å²) < 4.78 is 95.0. The molecule has 6 amide bonds. The van der Waals surface area contributed by atoms with Crippen molar-refractivity contribution >= 4 is 58.0 Å². The number of likely N-dealkylation sites (tertiary alicyclic amines) is 1. The lowest BCUT2D eigenvalue weighted by molar-refractivity contribution is -0.172. The molecule has 36 heteroatoms. The molecule has 4 aliphatic heterocycles. The van der Waals surface area contributed by atoms with Gasteiger partial charge in [0, 0.05) is 78.6 Å². The van der Waals surface area contributed by atoms with E-state index in [4.69, 9.17) is 77.0 Å². The minimum absolute atomic E-state index is 0.00608. The number of nitrogens with two attached hydrogens (primary N) is 1. The number of halogens is 1. The number of hydrogen-bond donors (Lipinski definition) is 7. The minimum atomic E-state index is -2.06. The second kappa shape index (κ2) is 52.1. The maximum atomic E-state index is 15.4. The van der Waals surface area contributed by atoms with Crippen molar-refractivity contribution in [3.63, 3.8) is 0 Å². The lowest BCUT2D eigenvalue weighted by Crippen LogP contribution is -2.55. The molecule has 7 heterocycles. The van der Waals surface area contributed by atoms with Gasteiger partial charge in [-0.2, -0.15) is 15.4 Å². The van der Waals surface area contributed by atoms with Crippen molar-refractivity contribution in [3.8, 4) is 33.9 Å². The van der Waals surface area contributed by atoms with Gasteiger partial charge in [0.25, 0.3) is 5.56 Å². The Labute approximate surface area is 752 Å². The van der Waals surface area contributed by atoms with Crippen LogP contribution in [0.4, 0.5) is 10.1 Å². The van der Waals surface area contributed by atoms with E-state index < -0.39 is 52.8 Å². The Balaban J connectivity index is 0.417. The molecule has 3 aromatic carbocycles. The number of ether oxygens (including phenoxy) is 14. The van der Waals surface area contributed by atoms with Crippen LogP contribution in [0.3, 0.4) is 0 Å². The topological polar surface area (TPSA) is 426 Å². The third-order valence-electron chi connectivity index (χ3n) is 24.4. The third kappa shape index (κ3) is 28.4. The molecule has 1 saturated carbocycles. The smallest absolute Gasteiger partial charge is 0.343 e. The molecule has 11 rings (SSSR count). The lowest BCUT2D eigenvalue weighted by atomic mass is 9.65. The van der Waals surface area contributed by atoms with Crippen LogP contribution in [0, 0.1) is 36.9 Å². The number of aromatic amines is 1. The number of pyridine rings is 2. The quantitative estimate of drug-likeness (QED) is 0.0158. The number of carbonyl (C=O) groups is 7. The zero-order chi connectivity index (χ0) is 91.3. The molecule has 1 saturated heterocycles. The first-order valence-corrected chi connectivity index (χ1v) is 45.5. The Morgan fingerprint density at radius 3 is 1.66 bits per heavy atom. The van der Waals surface area contributed by atoms with Crippen molar-refractivity contribution in [2.75, 3.05) is 203 Å². The summed E-state index contributed by atoms with van der Waals surface area (Å²) in [4.78, 5) is 117. The molecule has 1 spiro atoms. The average molecular weight is 1800 g/mol. The van der Waals surface area contributed by atoms with Crippen LogP contribution in [-0.2, 0) is 132 Å². The molecule has 5 aliphatic rings. The number of H-pyrrole nitrogens is 1. The summed E-state index contributed by atoms with van der Waals surface area (Å²) in [5, 5.41) is 35.5. The zero-order valence-electron chi connectivity index (χ0n) is 75.4. The van der Waals surface area contributed by atoms with Crippen LogP contribution in [-0.4, -0.2) is 286 Å². The molecule has 3 atom stereocenters. The van der Waals surface area contributed by atoms with E-state index in [0.717, 1.165) is 66.6 Å². The number of anilines is 1. The number of nitrogens with one attached hydrogen (secondary N) is 5. The van der Waals surface area contributed by atoms with Crippen LogP contribution < -0.4 is 37.5 Å². The number of aromatic nitrogens is 5. The molecule has 3 aromatic heterocycles. The number of benzene rings is 3. The number of unbranched alkanes of at least 4 members (excludes halogenated alkanes) is 1. The maximum absolute atomic E-state index is 15.4. The SMILES string of the molecule is CC[C@@]1(O)C(=O)OCc2c1cc1n(c2=O)Cc2c-1nc1cc(F)c(C)c(C)c1c2CNC(=O)[C@H](CCCCN)NC(=O)[C@@H](NC(=O)CCOCCOCCOCCOCCOCCOCCOCCOCCOCCOCCOCCOCCOCCC(=O)N1CCC2(CCC(C(=O)NCCC(=O)N3Cc4ccccc4-c4n[nH]nc4-c4ccccc43)CC2)CC1)C(C)C. The van der Waals surface area contributed by atoms with E-state index in [1.165, 1.54) is 10.6 Å². The number of piperidine rings is 1. The first kappa shape index (κ1) is 100. The molecule has 6 aromatic rings. The van der Waals surface area contributed by atoms with Crippen LogP contribution in [0.1, 0.15) is 143 Å². The summed E-state index contributed by atoms with van der Waals surface area (Å²) in [5.74, 6) is -3.28. The van der Waals surface area contributed by atoms with Gasteiger partial charge in [-0.05, 0) is 130 Å². The minimum Gasteiger partial charge on any atom is -0.458 e. The van der Waals surface area contributed by atoms with Gasteiger partial charge >= 0.3 is 5.97 Å². The highest BCUT2D eigenvalue weighted by Crippen LogP contribution is 2.47. The Bertz CT molecular complexity index is 4690. The highest BCUT2D eigenvalue weighted by atomic mass is 19.1. The molecule has 0 radical (unpaired) electrons. The number of esters is 1.